The van der Waals surface area contributed by atoms with Gasteiger partial charge in [0.05, 0.1) is 0 Å². The van der Waals surface area contributed by atoms with Gasteiger partial charge in [-0.1, -0.05) is 26.0 Å². The van der Waals surface area contributed by atoms with Crippen LogP contribution in [0.25, 0.3) is 0 Å². The van der Waals surface area contributed by atoms with Crippen LogP contribution in [-0.4, -0.2) is 11.9 Å². The number of carbonyl (C=O) groups is 1. The number of amides is 1. The van der Waals surface area contributed by atoms with Crippen molar-refractivity contribution in [2.24, 2.45) is 11.1 Å². The van der Waals surface area contributed by atoms with E-state index in [9.17, 15) is 9.70 Å². The lowest BCUT2D eigenvalue weighted by Crippen LogP contribution is -2.33. The summed E-state index contributed by atoms with van der Waals surface area (Å²) in [6, 6.07) is 7.26. The van der Waals surface area contributed by atoms with Crippen LogP contribution in [0.4, 0.5) is 5.69 Å². The number of hydrogen-bond donors (Lipinski definition) is 1. The molecular formula is C15H22N2O2. The van der Waals surface area contributed by atoms with E-state index in [0.29, 0.717) is 24.4 Å². The molecule has 19 heavy (non-hydrogen) atoms. The molecule has 4 nitrogen and oxygen atoms in total. The van der Waals surface area contributed by atoms with Gasteiger partial charge in [0.25, 0.3) is 0 Å². The normalized spacial score (nSPS) is 12.2. The molecular weight excluding hydrogens is 240 g/mol. The highest BCUT2D eigenvalue weighted by Crippen LogP contribution is 2.14. The van der Waals surface area contributed by atoms with Gasteiger partial charge in [0.2, 0.25) is 5.91 Å². The van der Waals surface area contributed by atoms with Crippen LogP contribution in [0.3, 0.4) is 0 Å². The fraction of sp³-hybridized carbons (Fsp3) is 0.533. The lowest BCUT2D eigenvalue weighted by Gasteiger charge is -2.15. The van der Waals surface area contributed by atoms with Gasteiger partial charge in [0.1, 0.15) is 5.69 Å². The molecule has 0 aliphatic carbocycles. The summed E-state index contributed by atoms with van der Waals surface area (Å²) in [6.45, 7) is 6.30. The van der Waals surface area contributed by atoms with Crippen molar-refractivity contribution in [3.05, 3.63) is 34.7 Å². The Hall–Kier alpha value is -1.71. The molecule has 0 bridgehead atoms. The number of nitroso groups, excluding NO2 is 1. The minimum atomic E-state index is 0.0533. The second-order valence-corrected chi connectivity index (χ2v) is 5.36. The molecule has 1 aromatic carbocycles. The van der Waals surface area contributed by atoms with E-state index in [1.807, 2.05) is 13.0 Å². The van der Waals surface area contributed by atoms with E-state index in [-0.39, 0.29) is 11.9 Å². The topological polar surface area (TPSA) is 58.5 Å². The molecule has 104 valence electrons. The largest absolute Gasteiger partial charge is 0.354 e. The van der Waals surface area contributed by atoms with Crippen molar-refractivity contribution in [1.82, 2.24) is 5.32 Å². The Bertz CT molecular complexity index is 430. The van der Waals surface area contributed by atoms with E-state index < -0.39 is 0 Å². The lowest BCUT2D eigenvalue weighted by molar-refractivity contribution is -0.121. The van der Waals surface area contributed by atoms with Crippen molar-refractivity contribution in [2.45, 2.75) is 46.1 Å². The molecule has 1 unspecified atom stereocenters. The SMILES string of the molecule is CC(C)CC(C)NC(=O)CCc1cccc(N=O)c1. The Balaban J connectivity index is 2.39. The molecule has 0 spiro atoms. The van der Waals surface area contributed by atoms with Crippen molar-refractivity contribution < 1.29 is 4.79 Å². The molecule has 0 aliphatic rings. The molecule has 1 aromatic rings. The second-order valence-electron chi connectivity index (χ2n) is 5.36. The van der Waals surface area contributed by atoms with E-state index in [1.165, 1.54) is 0 Å². The Labute approximate surface area is 114 Å². The Morgan fingerprint density at radius 3 is 2.68 bits per heavy atom. The van der Waals surface area contributed by atoms with Crippen LogP contribution in [0.2, 0.25) is 0 Å². The van der Waals surface area contributed by atoms with Gasteiger partial charge in [0, 0.05) is 12.5 Å². The summed E-state index contributed by atoms with van der Waals surface area (Å²) in [5.74, 6) is 0.628. The molecule has 1 amide bonds. The lowest BCUT2D eigenvalue weighted by atomic mass is 10.0. The molecule has 1 rings (SSSR count). The van der Waals surface area contributed by atoms with Gasteiger partial charge < -0.3 is 5.32 Å². The fourth-order valence-electron chi connectivity index (χ4n) is 2.14. The Kier molecular flexibility index (Phi) is 6.19. The Morgan fingerprint density at radius 1 is 1.32 bits per heavy atom. The molecule has 0 saturated carbocycles. The van der Waals surface area contributed by atoms with Crippen LogP contribution < -0.4 is 5.32 Å². The predicted octanol–water partition coefficient (Wildman–Crippen LogP) is 3.57. The van der Waals surface area contributed by atoms with E-state index >= 15 is 0 Å². The Morgan fingerprint density at radius 2 is 2.05 bits per heavy atom. The van der Waals surface area contributed by atoms with E-state index in [0.717, 1.165) is 12.0 Å². The molecule has 0 radical (unpaired) electrons. The summed E-state index contributed by atoms with van der Waals surface area (Å²) in [5, 5.41) is 5.87. The number of rotatable bonds is 7. The van der Waals surface area contributed by atoms with Crippen LogP contribution in [0.15, 0.2) is 29.4 Å². The third-order valence-electron chi connectivity index (χ3n) is 2.89. The highest BCUT2D eigenvalue weighted by atomic mass is 16.3. The first-order valence-electron chi connectivity index (χ1n) is 6.73. The average molecular weight is 262 g/mol. The van der Waals surface area contributed by atoms with Crippen LogP contribution in [-0.2, 0) is 11.2 Å². The van der Waals surface area contributed by atoms with Crippen LogP contribution >= 0.6 is 0 Å². The third-order valence-corrected chi connectivity index (χ3v) is 2.89. The summed E-state index contributed by atoms with van der Waals surface area (Å²) in [5.41, 5.74) is 1.37. The van der Waals surface area contributed by atoms with Crippen molar-refractivity contribution in [1.29, 1.82) is 0 Å². The zero-order chi connectivity index (χ0) is 14.3. The second kappa shape index (κ2) is 7.67. The number of carbonyl (C=O) groups excluding carboxylic acids is 1. The van der Waals surface area contributed by atoms with Gasteiger partial charge >= 0.3 is 0 Å². The first kappa shape index (κ1) is 15.3. The predicted molar refractivity (Wildman–Crippen MR) is 77.3 cm³/mol. The first-order chi connectivity index (χ1) is 9.01. The zero-order valence-electron chi connectivity index (χ0n) is 11.8. The van der Waals surface area contributed by atoms with Crippen LogP contribution in [0.1, 0.15) is 39.2 Å². The summed E-state index contributed by atoms with van der Waals surface area (Å²) in [4.78, 5) is 22.2. The van der Waals surface area contributed by atoms with Gasteiger partial charge in [-0.3, -0.25) is 4.79 Å². The summed E-state index contributed by atoms with van der Waals surface area (Å²) in [7, 11) is 0. The number of aryl methyl sites for hydroxylation is 1. The fourth-order valence-corrected chi connectivity index (χ4v) is 2.14. The van der Waals surface area contributed by atoms with Gasteiger partial charge in [-0.05, 0) is 48.6 Å². The highest BCUT2D eigenvalue weighted by Gasteiger charge is 2.09. The monoisotopic (exact) mass is 262 g/mol. The van der Waals surface area contributed by atoms with Gasteiger partial charge in [0.15, 0.2) is 0 Å². The summed E-state index contributed by atoms with van der Waals surface area (Å²) in [6.07, 6.45) is 2.05. The quantitative estimate of drug-likeness (QED) is 0.764. The van der Waals surface area contributed by atoms with Crippen molar-refractivity contribution in [3.8, 4) is 0 Å². The summed E-state index contributed by atoms with van der Waals surface area (Å²) >= 11 is 0. The molecule has 1 N–H and O–H groups in total. The number of nitrogens with zero attached hydrogens (tertiary/aromatic N) is 1. The minimum absolute atomic E-state index is 0.0533. The van der Waals surface area contributed by atoms with Crippen molar-refractivity contribution in [3.63, 3.8) is 0 Å². The molecule has 0 aromatic heterocycles. The maximum atomic E-state index is 11.8. The maximum absolute atomic E-state index is 11.8. The average Bonchev–Trinajstić information content (AvgIpc) is 2.35. The van der Waals surface area contributed by atoms with E-state index in [2.05, 4.69) is 24.3 Å². The first-order valence-corrected chi connectivity index (χ1v) is 6.73. The van der Waals surface area contributed by atoms with Gasteiger partial charge in [-0.25, -0.2) is 0 Å². The third kappa shape index (κ3) is 6.13. The molecule has 0 heterocycles. The molecule has 1 atom stereocenters. The van der Waals surface area contributed by atoms with E-state index in [1.54, 1.807) is 18.2 Å². The molecule has 0 aliphatic heterocycles. The number of nitrogens with one attached hydrogen (secondary N) is 1. The highest BCUT2D eigenvalue weighted by molar-refractivity contribution is 5.76. The van der Waals surface area contributed by atoms with Crippen molar-refractivity contribution in [2.75, 3.05) is 0 Å². The number of hydrogen-bond acceptors (Lipinski definition) is 3. The van der Waals surface area contributed by atoms with E-state index in [4.69, 9.17) is 0 Å². The molecule has 0 fully saturated rings. The van der Waals surface area contributed by atoms with Gasteiger partial charge in [-0.2, -0.15) is 0 Å². The van der Waals surface area contributed by atoms with Crippen LogP contribution in [0.5, 0.6) is 0 Å². The molecule has 4 heteroatoms. The van der Waals surface area contributed by atoms with Crippen molar-refractivity contribution >= 4 is 11.6 Å². The summed E-state index contributed by atoms with van der Waals surface area (Å²) < 4.78 is 0. The standard InChI is InChI=1S/C15H22N2O2/c1-11(2)9-12(3)16-15(18)8-7-13-5-4-6-14(10-13)17-19/h4-6,10-12H,7-9H2,1-3H3,(H,16,18). The van der Waals surface area contributed by atoms with Gasteiger partial charge in [-0.15, -0.1) is 4.91 Å². The molecule has 0 saturated heterocycles. The minimum Gasteiger partial charge on any atom is -0.354 e. The van der Waals surface area contributed by atoms with Crippen LogP contribution in [0, 0.1) is 10.8 Å². The smallest absolute Gasteiger partial charge is 0.220 e. The zero-order valence-corrected chi connectivity index (χ0v) is 11.8. The maximum Gasteiger partial charge on any atom is 0.220 e. The number of benzene rings is 1.